The Morgan fingerprint density at radius 1 is 1.18 bits per heavy atom. The van der Waals surface area contributed by atoms with Gasteiger partial charge in [0.05, 0.1) is 14.2 Å². The summed E-state index contributed by atoms with van der Waals surface area (Å²) in [4.78, 5) is 2.46. The van der Waals surface area contributed by atoms with Crippen molar-refractivity contribution in [3.05, 3.63) is 23.8 Å². The number of likely N-dealkylation sites (tertiary alicyclic amines) is 1. The molecule has 4 nitrogen and oxygen atoms in total. The van der Waals surface area contributed by atoms with Crippen molar-refractivity contribution in [2.45, 2.75) is 38.8 Å². The van der Waals surface area contributed by atoms with E-state index in [1.54, 1.807) is 14.2 Å². The molecule has 1 aromatic rings. The van der Waals surface area contributed by atoms with Crippen molar-refractivity contribution < 1.29 is 9.47 Å². The minimum atomic E-state index is 0.617. The van der Waals surface area contributed by atoms with Crippen molar-refractivity contribution >= 4 is 0 Å². The lowest BCUT2D eigenvalue weighted by Gasteiger charge is -2.40. The second-order valence-electron chi connectivity index (χ2n) is 6.50. The Kier molecular flexibility index (Phi) is 6.09. The van der Waals surface area contributed by atoms with Crippen molar-refractivity contribution in [3.63, 3.8) is 0 Å². The molecule has 124 valence electrons. The Hall–Kier alpha value is -1.26. The fourth-order valence-electron chi connectivity index (χ4n) is 3.26. The van der Waals surface area contributed by atoms with Crippen LogP contribution in [0.25, 0.3) is 0 Å². The van der Waals surface area contributed by atoms with Crippen LogP contribution in [0.15, 0.2) is 18.2 Å². The van der Waals surface area contributed by atoms with E-state index in [2.05, 4.69) is 43.2 Å². The smallest absolute Gasteiger partial charge is 0.160 e. The summed E-state index contributed by atoms with van der Waals surface area (Å²) in [5.74, 6) is 2.30. The van der Waals surface area contributed by atoms with Crippen LogP contribution in [0.4, 0.5) is 0 Å². The number of hydrogen-bond donors (Lipinski definition) is 1. The molecule has 0 spiro atoms. The monoisotopic (exact) mass is 306 g/mol. The summed E-state index contributed by atoms with van der Waals surface area (Å²) in [5, 5.41) is 3.74. The predicted molar refractivity (Wildman–Crippen MR) is 90.9 cm³/mol. The molecular weight excluding hydrogens is 276 g/mol. The molecule has 0 aromatic heterocycles. The van der Waals surface area contributed by atoms with Crippen LogP contribution in [0.3, 0.4) is 0 Å². The summed E-state index contributed by atoms with van der Waals surface area (Å²) < 4.78 is 10.6. The molecule has 4 heteroatoms. The molecule has 1 aromatic carbocycles. The van der Waals surface area contributed by atoms with E-state index in [4.69, 9.17) is 9.47 Å². The highest BCUT2D eigenvalue weighted by molar-refractivity contribution is 5.42. The molecule has 1 saturated heterocycles. The maximum atomic E-state index is 5.37. The van der Waals surface area contributed by atoms with Crippen molar-refractivity contribution in [2.24, 2.45) is 5.92 Å². The fraction of sp³-hybridized carbons (Fsp3) is 0.667. The van der Waals surface area contributed by atoms with Crippen LogP contribution in [0, 0.1) is 5.92 Å². The predicted octanol–water partition coefficient (Wildman–Crippen LogP) is 2.56. The molecule has 1 aliphatic heterocycles. The quantitative estimate of drug-likeness (QED) is 0.876. The minimum absolute atomic E-state index is 0.617. The number of piperidine rings is 1. The Balaban J connectivity index is 1.86. The maximum Gasteiger partial charge on any atom is 0.160 e. The van der Waals surface area contributed by atoms with Gasteiger partial charge in [0.1, 0.15) is 0 Å². The molecular formula is C18H30N2O2. The SMILES string of the molecule is COc1ccc(CCN[C@@H]2C[C@H](C)N(C)C[C@@H]2C)cc1OC. The highest BCUT2D eigenvalue weighted by atomic mass is 16.5. The van der Waals surface area contributed by atoms with Gasteiger partial charge in [0, 0.05) is 18.6 Å². The van der Waals surface area contributed by atoms with Gasteiger partial charge in [0.25, 0.3) is 0 Å². The number of benzene rings is 1. The molecule has 0 aliphatic carbocycles. The molecule has 22 heavy (non-hydrogen) atoms. The van der Waals surface area contributed by atoms with Crippen LogP contribution in [0.1, 0.15) is 25.8 Å². The van der Waals surface area contributed by atoms with Crippen LogP contribution in [0.5, 0.6) is 11.5 Å². The van der Waals surface area contributed by atoms with E-state index in [0.29, 0.717) is 18.0 Å². The second kappa shape index (κ2) is 7.84. The summed E-state index contributed by atoms with van der Waals surface area (Å²) in [7, 11) is 5.57. The Morgan fingerprint density at radius 2 is 1.91 bits per heavy atom. The molecule has 0 bridgehead atoms. The van der Waals surface area contributed by atoms with Gasteiger partial charge in [-0.05, 0) is 57.0 Å². The Morgan fingerprint density at radius 3 is 2.59 bits per heavy atom. The van der Waals surface area contributed by atoms with E-state index in [1.807, 2.05) is 6.07 Å². The Bertz CT molecular complexity index is 478. The van der Waals surface area contributed by atoms with E-state index >= 15 is 0 Å². The lowest BCUT2D eigenvalue weighted by atomic mass is 9.90. The first-order valence-corrected chi connectivity index (χ1v) is 8.19. The highest BCUT2D eigenvalue weighted by Crippen LogP contribution is 2.27. The highest BCUT2D eigenvalue weighted by Gasteiger charge is 2.28. The normalized spacial score (nSPS) is 26.0. The first-order valence-electron chi connectivity index (χ1n) is 8.19. The lowest BCUT2D eigenvalue weighted by Crippen LogP contribution is -2.51. The number of rotatable bonds is 6. The largest absolute Gasteiger partial charge is 0.493 e. The molecule has 0 saturated carbocycles. The third-order valence-electron chi connectivity index (χ3n) is 4.88. The van der Waals surface area contributed by atoms with Crippen LogP contribution < -0.4 is 14.8 Å². The van der Waals surface area contributed by atoms with E-state index in [1.165, 1.54) is 18.5 Å². The molecule has 0 unspecified atom stereocenters. The van der Waals surface area contributed by atoms with Crippen molar-refractivity contribution in [3.8, 4) is 11.5 Å². The van der Waals surface area contributed by atoms with Gasteiger partial charge < -0.3 is 19.7 Å². The molecule has 3 atom stereocenters. The zero-order valence-corrected chi connectivity index (χ0v) is 14.6. The van der Waals surface area contributed by atoms with Gasteiger partial charge >= 0.3 is 0 Å². The third-order valence-corrected chi connectivity index (χ3v) is 4.88. The topological polar surface area (TPSA) is 33.7 Å². The average Bonchev–Trinajstić information content (AvgIpc) is 2.52. The molecule has 1 aliphatic rings. The number of nitrogens with one attached hydrogen (secondary N) is 1. The molecule has 1 heterocycles. The zero-order valence-electron chi connectivity index (χ0n) is 14.6. The maximum absolute atomic E-state index is 5.37. The third kappa shape index (κ3) is 4.14. The van der Waals surface area contributed by atoms with Gasteiger partial charge in [-0.3, -0.25) is 0 Å². The van der Waals surface area contributed by atoms with Crippen molar-refractivity contribution in [2.75, 3.05) is 34.4 Å². The van der Waals surface area contributed by atoms with E-state index in [0.717, 1.165) is 24.5 Å². The second-order valence-corrected chi connectivity index (χ2v) is 6.50. The van der Waals surface area contributed by atoms with E-state index < -0.39 is 0 Å². The van der Waals surface area contributed by atoms with Gasteiger partial charge in [-0.15, -0.1) is 0 Å². The average molecular weight is 306 g/mol. The number of ether oxygens (including phenoxy) is 2. The van der Waals surface area contributed by atoms with Crippen LogP contribution in [0.2, 0.25) is 0 Å². The fourth-order valence-corrected chi connectivity index (χ4v) is 3.26. The molecule has 1 N–H and O–H groups in total. The van der Waals surface area contributed by atoms with Gasteiger partial charge in [0.15, 0.2) is 11.5 Å². The first kappa shape index (κ1) is 17.1. The van der Waals surface area contributed by atoms with E-state index in [-0.39, 0.29) is 0 Å². The molecule has 1 fully saturated rings. The summed E-state index contributed by atoms with van der Waals surface area (Å²) in [6, 6.07) is 7.44. The zero-order chi connectivity index (χ0) is 16.1. The summed E-state index contributed by atoms with van der Waals surface area (Å²) in [6.07, 6.45) is 2.23. The van der Waals surface area contributed by atoms with Crippen molar-refractivity contribution in [1.29, 1.82) is 0 Å². The standard InChI is InChI=1S/C18H30N2O2/c1-13-12-20(3)14(2)10-16(13)19-9-8-15-6-7-17(21-4)18(11-15)22-5/h6-7,11,13-14,16,19H,8-10,12H2,1-5H3/t13-,14-,16+/m0/s1. The summed E-state index contributed by atoms with van der Waals surface area (Å²) >= 11 is 0. The minimum Gasteiger partial charge on any atom is -0.493 e. The van der Waals surface area contributed by atoms with Gasteiger partial charge in [-0.2, -0.15) is 0 Å². The molecule has 2 rings (SSSR count). The van der Waals surface area contributed by atoms with Crippen LogP contribution in [-0.2, 0) is 6.42 Å². The van der Waals surface area contributed by atoms with Gasteiger partial charge in [0.2, 0.25) is 0 Å². The van der Waals surface area contributed by atoms with E-state index in [9.17, 15) is 0 Å². The first-order chi connectivity index (χ1) is 10.5. The van der Waals surface area contributed by atoms with Gasteiger partial charge in [-0.1, -0.05) is 13.0 Å². The van der Waals surface area contributed by atoms with Crippen LogP contribution >= 0.6 is 0 Å². The molecule has 0 radical (unpaired) electrons. The number of hydrogen-bond acceptors (Lipinski definition) is 4. The summed E-state index contributed by atoms with van der Waals surface area (Å²) in [6.45, 7) is 6.83. The van der Waals surface area contributed by atoms with Crippen molar-refractivity contribution in [1.82, 2.24) is 10.2 Å². The lowest BCUT2D eigenvalue weighted by molar-refractivity contribution is 0.122. The summed E-state index contributed by atoms with van der Waals surface area (Å²) in [5.41, 5.74) is 1.28. The molecule has 0 amide bonds. The number of nitrogens with zero attached hydrogens (tertiary/aromatic N) is 1. The van der Waals surface area contributed by atoms with Crippen LogP contribution in [-0.4, -0.2) is 51.3 Å². The Labute approximate surface area is 134 Å². The van der Waals surface area contributed by atoms with Gasteiger partial charge in [-0.25, -0.2) is 0 Å². The number of methoxy groups -OCH3 is 2.